The second kappa shape index (κ2) is 4.15. The Labute approximate surface area is 90.7 Å². The number of carbonyl (C=O) groups is 1. The Hall–Kier alpha value is -1.15. The summed E-state index contributed by atoms with van der Waals surface area (Å²) in [5.41, 5.74) is 3.83. The first kappa shape index (κ1) is 10.4. The third-order valence-electron chi connectivity index (χ3n) is 3.03. The molecule has 1 fully saturated rings. The van der Waals surface area contributed by atoms with Crippen LogP contribution in [0, 0.1) is 13.8 Å². The summed E-state index contributed by atoms with van der Waals surface area (Å²) < 4.78 is 0. The number of piperidine rings is 1. The molecule has 0 amide bonds. The number of carbonyl (C=O) groups excluding carboxylic acids is 1. The lowest BCUT2D eigenvalue weighted by Gasteiger charge is -2.24. The number of nitrogens with one attached hydrogen (secondary N) is 1. The van der Waals surface area contributed by atoms with E-state index < -0.39 is 0 Å². The molecule has 1 aliphatic rings. The first-order valence-electron chi connectivity index (χ1n) is 5.49. The molecule has 1 N–H and O–H groups in total. The fourth-order valence-electron chi connectivity index (χ4n) is 2.22. The van der Waals surface area contributed by atoms with Crippen LogP contribution in [0.4, 0.5) is 0 Å². The summed E-state index contributed by atoms with van der Waals surface area (Å²) in [4.78, 5) is 11.4. The van der Waals surface area contributed by atoms with Crippen molar-refractivity contribution in [3.05, 3.63) is 34.9 Å². The lowest BCUT2D eigenvalue weighted by Crippen LogP contribution is -2.32. The van der Waals surface area contributed by atoms with Crippen LogP contribution in [-0.4, -0.2) is 12.3 Å². The quantitative estimate of drug-likeness (QED) is 0.758. The molecule has 0 bridgehead atoms. The lowest BCUT2D eigenvalue weighted by atomic mass is 9.92. The van der Waals surface area contributed by atoms with Crippen molar-refractivity contribution in [1.82, 2.24) is 5.32 Å². The van der Waals surface area contributed by atoms with Crippen molar-refractivity contribution in [2.75, 3.05) is 6.54 Å². The van der Waals surface area contributed by atoms with E-state index in [1.54, 1.807) is 0 Å². The summed E-state index contributed by atoms with van der Waals surface area (Å²) >= 11 is 0. The smallest absolute Gasteiger partial charge is 0.136 e. The van der Waals surface area contributed by atoms with Crippen LogP contribution in [0.15, 0.2) is 18.2 Å². The summed E-state index contributed by atoms with van der Waals surface area (Å²) in [6, 6.07) is 6.66. The van der Waals surface area contributed by atoms with Crippen molar-refractivity contribution >= 4 is 5.78 Å². The molecule has 2 heteroatoms. The molecule has 1 aliphatic heterocycles. The Morgan fingerprint density at radius 1 is 1.33 bits per heavy atom. The first-order valence-corrected chi connectivity index (χ1v) is 5.49. The van der Waals surface area contributed by atoms with E-state index in [4.69, 9.17) is 0 Å². The van der Waals surface area contributed by atoms with Crippen molar-refractivity contribution in [3.8, 4) is 0 Å². The molecule has 0 radical (unpaired) electrons. The number of Topliss-reactive ketones (excluding diaryl/α,β-unsaturated/α-hetero) is 1. The maximum Gasteiger partial charge on any atom is 0.136 e. The number of hydrogen-bond donors (Lipinski definition) is 1. The highest BCUT2D eigenvalue weighted by Gasteiger charge is 2.21. The molecular weight excluding hydrogens is 186 g/mol. The van der Waals surface area contributed by atoms with Crippen LogP contribution in [0.1, 0.15) is 35.6 Å². The Balaban J connectivity index is 2.24. The van der Waals surface area contributed by atoms with E-state index >= 15 is 0 Å². The molecule has 0 aromatic heterocycles. The monoisotopic (exact) mass is 203 g/mol. The number of ketones is 1. The van der Waals surface area contributed by atoms with Crippen LogP contribution in [0.5, 0.6) is 0 Å². The molecule has 2 nitrogen and oxygen atoms in total. The average Bonchev–Trinajstić information content (AvgIpc) is 2.17. The zero-order valence-corrected chi connectivity index (χ0v) is 9.34. The van der Waals surface area contributed by atoms with Gasteiger partial charge in [-0.1, -0.05) is 23.8 Å². The molecule has 2 rings (SSSR count). The second-order valence-electron chi connectivity index (χ2n) is 4.36. The van der Waals surface area contributed by atoms with Crippen LogP contribution in [-0.2, 0) is 4.79 Å². The van der Waals surface area contributed by atoms with Crippen LogP contribution in [0.25, 0.3) is 0 Å². The average molecular weight is 203 g/mol. The molecule has 0 saturated carbocycles. The predicted molar refractivity (Wildman–Crippen MR) is 60.9 cm³/mol. The minimum Gasteiger partial charge on any atom is -0.309 e. The molecule has 1 saturated heterocycles. The molecular formula is C13H17NO. The standard InChI is InChI=1S/C13H17NO/c1-9-3-4-12(10(2)7-9)13-8-11(15)5-6-14-13/h3-4,7,13-14H,5-6,8H2,1-2H3. The molecule has 0 spiro atoms. The summed E-state index contributed by atoms with van der Waals surface area (Å²) in [5, 5.41) is 3.41. The summed E-state index contributed by atoms with van der Waals surface area (Å²) in [5.74, 6) is 0.374. The van der Waals surface area contributed by atoms with Crippen molar-refractivity contribution in [2.24, 2.45) is 0 Å². The Bertz CT molecular complexity index is 384. The molecule has 1 aromatic carbocycles. The van der Waals surface area contributed by atoms with E-state index in [0.29, 0.717) is 18.6 Å². The van der Waals surface area contributed by atoms with Gasteiger partial charge in [-0.3, -0.25) is 4.79 Å². The Morgan fingerprint density at radius 3 is 2.80 bits per heavy atom. The molecule has 1 heterocycles. The van der Waals surface area contributed by atoms with Gasteiger partial charge >= 0.3 is 0 Å². The summed E-state index contributed by atoms with van der Waals surface area (Å²) in [6.45, 7) is 5.02. The van der Waals surface area contributed by atoms with E-state index in [2.05, 4.69) is 37.4 Å². The zero-order chi connectivity index (χ0) is 10.8. The van der Waals surface area contributed by atoms with Gasteiger partial charge in [0.05, 0.1) is 0 Å². The SMILES string of the molecule is Cc1ccc(C2CC(=O)CCN2)c(C)c1. The highest BCUT2D eigenvalue weighted by Crippen LogP contribution is 2.24. The van der Waals surface area contributed by atoms with E-state index in [1.165, 1.54) is 16.7 Å². The Kier molecular flexibility index (Phi) is 2.87. The molecule has 1 atom stereocenters. The number of rotatable bonds is 1. The van der Waals surface area contributed by atoms with Gasteiger partial charge in [0, 0.05) is 25.4 Å². The lowest BCUT2D eigenvalue weighted by molar-refractivity contribution is -0.120. The van der Waals surface area contributed by atoms with Gasteiger partial charge in [0.1, 0.15) is 5.78 Å². The maximum atomic E-state index is 11.4. The van der Waals surface area contributed by atoms with Crippen molar-refractivity contribution in [2.45, 2.75) is 32.7 Å². The van der Waals surface area contributed by atoms with Crippen LogP contribution >= 0.6 is 0 Å². The van der Waals surface area contributed by atoms with Crippen LogP contribution in [0.3, 0.4) is 0 Å². The first-order chi connectivity index (χ1) is 7.16. The number of aryl methyl sites for hydroxylation is 2. The third-order valence-corrected chi connectivity index (χ3v) is 3.03. The molecule has 1 unspecified atom stereocenters. The highest BCUT2D eigenvalue weighted by atomic mass is 16.1. The largest absolute Gasteiger partial charge is 0.309 e. The van der Waals surface area contributed by atoms with Crippen LogP contribution < -0.4 is 5.32 Å². The van der Waals surface area contributed by atoms with Gasteiger partial charge in [-0.2, -0.15) is 0 Å². The number of benzene rings is 1. The molecule has 1 aromatic rings. The molecule has 80 valence electrons. The summed E-state index contributed by atoms with van der Waals surface area (Å²) in [7, 11) is 0. The van der Waals surface area contributed by atoms with Gasteiger partial charge in [-0.05, 0) is 25.0 Å². The minimum atomic E-state index is 0.229. The summed E-state index contributed by atoms with van der Waals surface area (Å²) in [6.07, 6.45) is 1.32. The van der Waals surface area contributed by atoms with Crippen molar-refractivity contribution in [1.29, 1.82) is 0 Å². The Morgan fingerprint density at radius 2 is 2.13 bits per heavy atom. The topological polar surface area (TPSA) is 29.1 Å². The van der Waals surface area contributed by atoms with E-state index in [-0.39, 0.29) is 6.04 Å². The van der Waals surface area contributed by atoms with Gasteiger partial charge < -0.3 is 5.32 Å². The van der Waals surface area contributed by atoms with Gasteiger partial charge in [-0.25, -0.2) is 0 Å². The third kappa shape index (κ3) is 2.26. The fourth-order valence-corrected chi connectivity index (χ4v) is 2.22. The highest BCUT2D eigenvalue weighted by molar-refractivity contribution is 5.80. The van der Waals surface area contributed by atoms with Crippen LogP contribution in [0.2, 0.25) is 0 Å². The minimum absolute atomic E-state index is 0.229. The molecule has 0 aliphatic carbocycles. The van der Waals surface area contributed by atoms with Gasteiger partial charge in [0.15, 0.2) is 0 Å². The van der Waals surface area contributed by atoms with Crippen molar-refractivity contribution in [3.63, 3.8) is 0 Å². The van der Waals surface area contributed by atoms with Crippen molar-refractivity contribution < 1.29 is 4.79 Å². The van der Waals surface area contributed by atoms with Gasteiger partial charge in [0.25, 0.3) is 0 Å². The maximum absolute atomic E-state index is 11.4. The van der Waals surface area contributed by atoms with E-state index in [9.17, 15) is 4.79 Å². The van der Waals surface area contributed by atoms with Gasteiger partial charge in [0.2, 0.25) is 0 Å². The normalized spacial score (nSPS) is 21.7. The predicted octanol–water partition coefficient (Wildman–Crippen LogP) is 2.30. The fraction of sp³-hybridized carbons (Fsp3) is 0.462. The van der Waals surface area contributed by atoms with E-state index in [1.807, 2.05) is 0 Å². The van der Waals surface area contributed by atoms with Gasteiger partial charge in [-0.15, -0.1) is 0 Å². The van der Waals surface area contributed by atoms with E-state index in [0.717, 1.165) is 6.54 Å². The zero-order valence-electron chi connectivity index (χ0n) is 9.34. The molecule has 15 heavy (non-hydrogen) atoms. The second-order valence-corrected chi connectivity index (χ2v) is 4.36. The number of hydrogen-bond acceptors (Lipinski definition) is 2.